The van der Waals surface area contributed by atoms with Crippen LogP contribution in [0.4, 0.5) is 5.69 Å². The van der Waals surface area contributed by atoms with Gasteiger partial charge in [-0.05, 0) is 24.3 Å². The molecule has 0 aliphatic rings. The van der Waals surface area contributed by atoms with E-state index in [2.05, 4.69) is 5.32 Å². The van der Waals surface area contributed by atoms with E-state index < -0.39 is 0 Å². The summed E-state index contributed by atoms with van der Waals surface area (Å²) in [6, 6.07) is 10.3. The molecular formula is C14H9Cl4NOS. The number of halogens is 4. The fraction of sp³-hybridized carbons (Fsp3) is 0.0714. The number of nitrogens with one attached hydrogen (secondary N) is 1. The maximum Gasteiger partial charge on any atom is 0.234 e. The predicted octanol–water partition coefficient (Wildman–Crippen LogP) is 6.03. The van der Waals surface area contributed by atoms with Gasteiger partial charge in [0.25, 0.3) is 0 Å². The summed E-state index contributed by atoms with van der Waals surface area (Å²) < 4.78 is 0. The maximum absolute atomic E-state index is 11.9. The fourth-order valence-electron chi connectivity index (χ4n) is 1.51. The molecule has 2 rings (SSSR count). The molecule has 0 aromatic heterocycles. The average Bonchev–Trinajstić information content (AvgIpc) is 2.44. The van der Waals surface area contributed by atoms with Gasteiger partial charge in [0.2, 0.25) is 5.91 Å². The third kappa shape index (κ3) is 4.70. The number of benzene rings is 2. The van der Waals surface area contributed by atoms with Crippen molar-refractivity contribution in [2.75, 3.05) is 11.1 Å². The van der Waals surface area contributed by atoms with E-state index in [1.807, 2.05) is 18.2 Å². The molecule has 21 heavy (non-hydrogen) atoms. The monoisotopic (exact) mass is 379 g/mol. The zero-order chi connectivity index (χ0) is 15.4. The van der Waals surface area contributed by atoms with Gasteiger partial charge in [0.15, 0.2) is 0 Å². The van der Waals surface area contributed by atoms with E-state index >= 15 is 0 Å². The molecular weight excluding hydrogens is 372 g/mol. The minimum Gasteiger partial charge on any atom is -0.324 e. The SMILES string of the molecule is O=C(CSc1ccccc1Cl)Nc1cc(Cl)c(Cl)cc1Cl. The van der Waals surface area contributed by atoms with Crippen LogP contribution in [0.25, 0.3) is 0 Å². The molecule has 0 heterocycles. The summed E-state index contributed by atoms with van der Waals surface area (Å²) in [6.07, 6.45) is 0. The highest BCUT2D eigenvalue weighted by molar-refractivity contribution is 8.00. The lowest BCUT2D eigenvalue weighted by atomic mass is 10.3. The first-order valence-electron chi connectivity index (χ1n) is 5.79. The van der Waals surface area contributed by atoms with Gasteiger partial charge in [-0.25, -0.2) is 0 Å². The summed E-state index contributed by atoms with van der Waals surface area (Å²) in [5, 5.41) is 4.30. The van der Waals surface area contributed by atoms with Crippen LogP contribution in [-0.4, -0.2) is 11.7 Å². The van der Waals surface area contributed by atoms with Crippen LogP contribution in [0.3, 0.4) is 0 Å². The molecule has 0 fully saturated rings. The Morgan fingerprint density at radius 1 is 0.952 bits per heavy atom. The van der Waals surface area contributed by atoms with Gasteiger partial charge in [-0.3, -0.25) is 4.79 Å². The number of amides is 1. The number of hydrogen-bond donors (Lipinski definition) is 1. The maximum atomic E-state index is 11.9. The van der Waals surface area contributed by atoms with Gasteiger partial charge < -0.3 is 5.32 Å². The van der Waals surface area contributed by atoms with Crippen LogP contribution in [0, 0.1) is 0 Å². The molecule has 0 unspecified atom stereocenters. The van der Waals surface area contributed by atoms with Gasteiger partial charge in [0, 0.05) is 4.90 Å². The number of anilines is 1. The summed E-state index contributed by atoms with van der Waals surface area (Å²) in [5.74, 6) is 0.000499. The molecule has 2 aromatic rings. The highest BCUT2D eigenvalue weighted by atomic mass is 35.5. The van der Waals surface area contributed by atoms with Crippen molar-refractivity contribution in [3.63, 3.8) is 0 Å². The summed E-state index contributed by atoms with van der Waals surface area (Å²) >= 11 is 25.1. The standard InChI is InChI=1S/C14H9Cl4NOS/c15-8-3-1-2-4-13(8)21-7-14(20)19-12-6-10(17)9(16)5-11(12)18/h1-6H,7H2,(H,19,20). The number of rotatable bonds is 4. The van der Waals surface area contributed by atoms with Crippen LogP contribution in [0.5, 0.6) is 0 Å². The molecule has 0 saturated carbocycles. The summed E-state index contributed by atoms with van der Waals surface area (Å²) in [6.45, 7) is 0. The van der Waals surface area contributed by atoms with Gasteiger partial charge >= 0.3 is 0 Å². The Bertz CT molecular complexity index is 678. The van der Waals surface area contributed by atoms with Crippen LogP contribution < -0.4 is 5.32 Å². The third-order valence-electron chi connectivity index (χ3n) is 2.48. The molecule has 7 heteroatoms. The Hall–Kier alpha value is -0.580. The molecule has 0 bridgehead atoms. The van der Waals surface area contributed by atoms with Crippen molar-refractivity contribution in [2.45, 2.75) is 4.90 Å². The highest BCUT2D eigenvalue weighted by Gasteiger charge is 2.10. The Labute approximate surface area is 146 Å². The number of thioether (sulfide) groups is 1. The van der Waals surface area contributed by atoms with Crippen LogP contribution in [0.2, 0.25) is 20.1 Å². The lowest BCUT2D eigenvalue weighted by Crippen LogP contribution is -2.14. The number of carbonyl (C=O) groups is 1. The number of hydrogen-bond acceptors (Lipinski definition) is 2. The normalized spacial score (nSPS) is 10.5. The van der Waals surface area contributed by atoms with Crippen LogP contribution in [0.1, 0.15) is 0 Å². The van der Waals surface area contributed by atoms with E-state index in [1.165, 1.54) is 23.9 Å². The molecule has 0 spiro atoms. The minimum atomic E-state index is -0.208. The van der Waals surface area contributed by atoms with Gasteiger partial charge in [-0.2, -0.15) is 0 Å². The Balaban J connectivity index is 1.99. The van der Waals surface area contributed by atoms with Crippen molar-refractivity contribution in [1.29, 1.82) is 0 Å². The summed E-state index contributed by atoms with van der Waals surface area (Å²) in [7, 11) is 0. The molecule has 110 valence electrons. The molecule has 0 atom stereocenters. The largest absolute Gasteiger partial charge is 0.324 e. The van der Waals surface area contributed by atoms with Gasteiger partial charge in [-0.1, -0.05) is 58.5 Å². The molecule has 0 saturated heterocycles. The molecule has 2 nitrogen and oxygen atoms in total. The first-order chi connectivity index (χ1) is 9.97. The predicted molar refractivity (Wildman–Crippen MR) is 92.3 cm³/mol. The first-order valence-corrected chi connectivity index (χ1v) is 8.29. The third-order valence-corrected chi connectivity index (χ3v) is 5.03. The van der Waals surface area contributed by atoms with Crippen molar-refractivity contribution < 1.29 is 4.79 Å². The van der Waals surface area contributed by atoms with E-state index in [4.69, 9.17) is 46.4 Å². The van der Waals surface area contributed by atoms with Crippen molar-refractivity contribution in [3.05, 3.63) is 56.5 Å². The summed E-state index contributed by atoms with van der Waals surface area (Å²) in [5.41, 5.74) is 0.427. The van der Waals surface area contributed by atoms with Gasteiger partial charge in [0.1, 0.15) is 0 Å². The highest BCUT2D eigenvalue weighted by Crippen LogP contribution is 2.32. The minimum absolute atomic E-state index is 0.208. The smallest absolute Gasteiger partial charge is 0.234 e. The van der Waals surface area contributed by atoms with Gasteiger partial charge in [-0.15, -0.1) is 11.8 Å². The fourth-order valence-corrected chi connectivity index (χ4v) is 3.14. The molecule has 1 N–H and O–H groups in total. The van der Waals surface area contributed by atoms with Crippen molar-refractivity contribution >= 4 is 69.8 Å². The lowest BCUT2D eigenvalue weighted by molar-refractivity contribution is -0.113. The Morgan fingerprint density at radius 3 is 2.33 bits per heavy atom. The first kappa shape index (κ1) is 16.8. The molecule has 1 amide bonds. The zero-order valence-electron chi connectivity index (χ0n) is 10.5. The van der Waals surface area contributed by atoms with Crippen LogP contribution in [-0.2, 0) is 4.79 Å². The van der Waals surface area contributed by atoms with Gasteiger partial charge in [0.05, 0.1) is 31.5 Å². The Kier molecular flexibility index (Phi) is 6.08. The van der Waals surface area contributed by atoms with Crippen LogP contribution >= 0.6 is 58.2 Å². The van der Waals surface area contributed by atoms with Crippen molar-refractivity contribution in [1.82, 2.24) is 0 Å². The Morgan fingerprint density at radius 2 is 1.62 bits per heavy atom. The van der Waals surface area contributed by atoms with Crippen molar-refractivity contribution in [2.24, 2.45) is 0 Å². The lowest BCUT2D eigenvalue weighted by Gasteiger charge is -2.09. The van der Waals surface area contributed by atoms with E-state index in [1.54, 1.807) is 6.07 Å². The van der Waals surface area contributed by atoms with E-state index in [-0.39, 0.29) is 11.7 Å². The zero-order valence-corrected chi connectivity index (χ0v) is 14.3. The molecule has 2 aromatic carbocycles. The van der Waals surface area contributed by atoms with Crippen LogP contribution in [0.15, 0.2) is 41.3 Å². The van der Waals surface area contributed by atoms with E-state index in [0.29, 0.717) is 25.8 Å². The number of carbonyl (C=O) groups excluding carboxylic acids is 1. The quantitative estimate of drug-likeness (QED) is 0.518. The average molecular weight is 381 g/mol. The van der Waals surface area contributed by atoms with E-state index in [9.17, 15) is 4.79 Å². The molecule has 0 radical (unpaired) electrons. The second-order valence-corrected chi connectivity index (χ2v) is 6.66. The van der Waals surface area contributed by atoms with E-state index in [0.717, 1.165) is 4.90 Å². The topological polar surface area (TPSA) is 29.1 Å². The molecule has 0 aliphatic carbocycles. The van der Waals surface area contributed by atoms with Crippen molar-refractivity contribution in [3.8, 4) is 0 Å². The second kappa shape index (κ2) is 7.61. The second-order valence-electron chi connectivity index (χ2n) is 4.01. The summed E-state index contributed by atoms with van der Waals surface area (Å²) in [4.78, 5) is 12.8. The molecule has 0 aliphatic heterocycles.